The van der Waals surface area contributed by atoms with Gasteiger partial charge in [-0.3, -0.25) is 28.7 Å². The minimum atomic E-state index is -0.565. The maximum atomic E-state index is 12.7. The third kappa shape index (κ3) is 2.84. The second-order valence-corrected chi connectivity index (χ2v) is 6.08. The van der Waals surface area contributed by atoms with E-state index in [1.165, 1.54) is 39.6 Å². The quantitative estimate of drug-likeness (QED) is 0.404. The number of nitrogens with zero attached hydrogens (tertiary/aromatic N) is 5. The van der Waals surface area contributed by atoms with Crippen LogP contribution in [0.5, 0.6) is 0 Å². The number of aryl methyl sites for hydroxylation is 1. The molecule has 4 rings (SSSR count). The van der Waals surface area contributed by atoms with Gasteiger partial charge in [0.1, 0.15) is 5.65 Å². The summed E-state index contributed by atoms with van der Waals surface area (Å²) in [6.07, 6.45) is 1.34. The Labute approximate surface area is 151 Å². The van der Waals surface area contributed by atoms with Crippen LogP contribution < -0.4 is 11.1 Å². The molecular formula is C18H13N5O4. The van der Waals surface area contributed by atoms with Gasteiger partial charge in [0.25, 0.3) is 16.8 Å². The predicted molar refractivity (Wildman–Crippen MR) is 98.0 cm³/mol. The molecule has 0 bridgehead atoms. The second-order valence-electron chi connectivity index (χ2n) is 6.08. The summed E-state index contributed by atoms with van der Waals surface area (Å²) in [7, 11) is 0. The highest BCUT2D eigenvalue weighted by Crippen LogP contribution is 2.16. The average Bonchev–Trinajstić information content (AvgIpc) is 2.63. The molecule has 9 heteroatoms. The van der Waals surface area contributed by atoms with Crippen LogP contribution in [0.25, 0.3) is 16.6 Å². The van der Waals surface area contributed by atoms with Crippen molar-refractivity contribution >= 4 is 22.2 Å². The van der Waals surface area contributed by atoms with Crippen molar-refractivity contribution in [1.82, 2.24) is 18.9 Å². The molecule has 3 heterocycles. The van der Waals surface area contributed by atoms with Crippen molar-refractivity contribution in [3.8, 4) is 0 Å². The number of aromatic nitrogens is 4. The van der Waals surface area contributed by atoms with Crippen molar-refractivity contribution in [2.45, 2.75) is 13.5 Å². The molecular weight excluding hydrogens is 350 g/mol. The fourth-order valence-corrected chi connectivity index (χ4v) is 2.99. The first kappa shape index (κ1) is 16.6. The topological polar surface area (TPSA) is 112 Å². The van der Waals surface area contributed by atoms with Crippen LogP contribution >= 0.6 is 0 Å². The molecule has 27 heavy (non-hydrogen) atoms. The fraction of sp³-hybridized carbons (Fsp3) is 0.111. The lowest BCUT2D eigenvalue weighted by Gasteiger charge is -2.08. The number of benzene rings is 1. The fourth-order valence-electron chi connectivity index (χ4n) is 2.99. The van der Waals surface area contributed by atoms with E-state index in [0.717, 1.165) is 5.69 Å². The van der Waals surface area contributed by atoms with E-state index in [0.29, 0.717) is 16.9 Å². The van der Waals surface area contributed by atoms with E-state index < -0.39 is 10.5 Å². The molecule has 0 unspecified atom stereocenters. The summed E-state index contributed by atoms with van der Waals surface area (Å²) in [6.45, 7) is 1.84. The van der Waals surface area contributed by atoms with Gasteiger partial charge in [0.2, 0.25) is 0 Å². The van der Waals surface area contributed by atoms with Gasteiger partial charge in [-0.1, -0.05) is 6.07 Å². The van der Waals surface area contributed by atoms with E-state index >= 15 is 0 Å². The highest BCUT2D eigenvalue weighted by Gasteiger charge is 2.12. The Morgan fingerprint density at radius 1 is 1.15 bits per heavy atom. The summed E-state index contributed by atoms with van der Waals surface area (Å²) in [4.78, 5) is 44.1. The molecule has 9 nitrogen and oxygen atoms in total. The summed E-state index contributed by atoms with van der Waals surface area (Å²) in [5.41, 5.74) is 1.14. The second kappa shape index (κ2) is 6.13. The summed E-state index contributed by atoms with van der Waals surface area (Å²) in [5.74, 6) is 0. The van der Waals surface area contributed by atoms with E-state index in [4.69, 9.17) is 0 Å². The predicted octanol–water partition coefficient (Wildman–Crippen LogP) is 1.67. The van der Waals surface area contributed by atoms with Gasteiger partial charge in [-0.05, 0) is 25.1 Å². The largest absolute Gasteiger partial charge is 0.293 e. The Kier molecular flexibility index (Phi) is 3.76. The smallest absolute Gasteiger partial charge is 0.270 e. The van der Waals surface area contributed by atoms with E-state index in [-0.39, 0.29) is 23.2 Å². The van der Waals surface area contributed by atoms with Gasteiger partial charge in [0, 0.05) is 23.9 Å². The molecule has 0 fully saturated rings. The van der Waals surface area contributed by atoms with Crippen LogP contribution in [0.3, 0.4) is 0 Å². The lowest BCUT2D eigenvalue weighted by molar-refractivity contribution is -0.384. The molecule has 0 saturated heterocycles. The maximum Gasteiger partial charge on any atom is 0.270 e. The summed E-state index contributed by atoms with van der Waals surface area (Å²) in [5, 5.41) is 11.1. The Hall–Kier alpha value is -3.88. The third-order valence-electron chi connectivity index (χ3n) is 4.28. The van der Waals surface area contributed by atoms with Crippen LogP contribution in [-0.2, 0) is 6.54 Å². The Morgan fingerprint density at radius 3 is 2.74 bits per heavy atom. The lowest BCUT2D eigenvalue weighted by atomic mass is 10.2. The van der Waals surface area contributed by atoms with E-state index in [9.17, 15) is 19.7 Å². The summed E-state index contributed by atoms with van der Waals surface area (Å²) < 4.78 is 2.76. The molecule has 0 aliphatic heterocycles. The number of nitro benzene ring substituents is 1. The minimum Gasteiger partial charge on any atom is -0.293 e. The minimum absolute atomic E-state index is 0.0319. The number of rotatable bonds is 3. The van der Waals surface area contributed by atoms with Gasteiger partial charge in [-0.2, -0.15) is 0 Å². The molecule has 0 amide bonds. The summed E-state index contributed by atoms with van der Waals surface area (Å²) in [6, 6.07) is 10.6. The van der Waals surface area contributed by atoms with Crippen LogP contribution in [0, 0.1) is 17.0 Å². The Morgan fingerprint density at radius 2 is 1.96 bits per heavy atom. The van der Waals surface area contributed by atoms with Gasteiger partial charge in [-0.25, -0.2) is 9.97 Å². The van der Waals surface area contributed by atoms with Crippen molar-refractivity contribution < 1.29 is 4.92 Å². The first-order valence-corrected chi connectivity index (χ1v) is 8.06. The zero-order valence-electron chi connectivity index (χ0n) is 14.2. The number of non-ortho nitro benzene ring substituents is 1. The average molecular weight is 363 g/mol. The maximum absolute atomic E-state index is 12.7. The van der Waals surface area contributed by atoms with E-state index in [1.54, 1.807) is 25.1 Å². The number of hydrogen-bond acceptors (Lipinski definition) is 6. The Balaban J connectivity index is 1.83. The first-order valence-electron chi connectivity index (χ1n) is 8.06. The van der Waals surface area contributed by atoms with Crippen molar-refractivity contribution in [3.05, 3.63) is 91.0 Å². The van der Waals surface area contributed by atoms with Crippen molar-refractivity contribution in [1.29, 1.82) is 0 Å². The van der Waals surface area contributed by atoms with Crippen molar-refractivity contribution in [3.63, 3.8) is 0 Å². The molecule has 0 aliphatic carbocycles. The van der Waals surface area contributed by atoms with Crippen molar-refractivity contribution in [2.24, 2.45) is 0 Å². The van der Waals surface area contributed by atoms with Crippen molar-refractivity contribution in [2.75, 3.05) is 0 Å². The lowest BCUT2D eigenvalue weighted by Crippen LogP contribution is -2.24. The monoisotopic (exact) mass is 363 g/mol. The molecule has 3 aromatic heterocycles. The highest BCUT2D eigenvalue weighted by molar-refractivity contribution is 5.79. The number of pyridine rings is 1. The molecule has 0 spiro atoms. The van der Waals surface area contributed by atoms with Gasteiger partial charge < -0.3 is 0 Å². The van der Waals surface area contributed by atoms with Crippen LogP contribution in [0.4, 0.5) is 5.69 Å². The van der Waals surface area contributed by atoms with Crippen LogP contribution in [0.2, 0.25) is 0 Å². The zero-order valence-corrected chi connectivity index (χ0v) is 14.2. The molecule has 0 atom stereocenters. The SMILES string of the molecule is Cc1cccc2nc(Cn3cnc4ccc([N+](=O)[O-])cc4c3=O)cc(=O)n12. The molecule has 134 valence electrons. The zero-order chi connectivity index (χ0) is 19.1. The number of hydrogen-bond donors (Lipinski definition) is 0. The van der Waals surface area contributed by atoms with Gasteiger partial charge >= 0.3 is 0 Å². The molecule has 0 aliphatic rings. The van der Waals surface area contributed by atoms with Crippen LogP contribution in [0.1, 0.15) is 11.4 Å². The van der Waals surface area contributed by atoms with E-state index in [1.807, 2.05) is 0 Å². The molecule has 0 saturated carbocycles. The number of nitro groups is 1. The van der Waals surface area contributed by atoms with Crippen LogP contribution in [-0.4, -0.2) is 23.9 Å². The first-order chi connectivity index (χ1) is 12.9. The standard InChI is InChI=1S/C18H13N5O4/c1-11-3-2-4-16-20-12(7-17(24)22(11)16)9-21-10-19-15-6-5-13(23(26)27)8-14(15)18(21)25/h2-8,10H,9H2,1H3. The molecule has 4 aromatic rings. The van der Waals surface area contributed by atoms with E-state index in [2.05, 4.69) is 9.97 Å². The van der Waals surface area contributed by atoms with Gasteiger partial charge in [-0.15, -0.1) is 0 Å². The van der Waals surface area contributed by atoms with Gasteiger partial charge in [0.15, 0.2) is 0 Å². The summed E-state index contributed by atoms with van der Waals surface area (Å²) >= 11 is 0. The highest BCUT2D eigenvalue weighted by atomic mass is 16.6. The number of fused-ring (bicyclic) bond motifs is 2. The molecule has 0 radical (unpaired) electrons. The Bertz CT molecular complexity index is 1340. The third-order valence-corrected chi connectivity index (χ3v) is 4.28. The molecule has 1 aromatic carbocycles. The normalized spacial score (nSPS) is 11.1. The van der Waals surface area contributed by atoms with Crippen LogP contribution in [0.15, 0.2) is 58.4 Å². The van der Waals surface area contributed by atoms with Gasteiger partial charge in [0.05, 0.1) is 34.4 Å². The molecule has 0 N–H and O–H groups in total.